The molecule has 0 unspecified atom stereocenters. The van der Waals surface area contributed by atoms with Gasteiger partial charge in [-0.3, -0.25) is 4.79 Å². The van der Waals surface area contributed by atoms with Gasteiger partial charge in [-0.2, -0.15) is 5.26 Å². The van der Waals surface area contributed by atoms with Crippen molar-refractivity contribution in [3.05, 3.63) is 30.4 Å². The molecule has 0 aliphatic rings. The lowest BCUT2D eigenvalue weighted by Crippen LogP contribution is -2.10. The number of nitriles is 1. The normalized spacial score (nSPS) is 9.62. The maximum absolute atomic E-state index is 11.4. The molecule has 0 saturated carbocycles. The van der Waals surface area contributed by atoms with Crippen molar-refractivity contribution < 1.29 is 9.53 Å². The van der Waals surface area contributed by atoms with Crippen LogP contribution in [0, 0.1) is 18.5 Å². The second kappa shape index (κ2) is 6.39. The third-order valence-electron chi connectivity index (χ3n) is 1.93. The first-order chi connectivity index (χ1) is 7.60. The predicted octanol–water partition coefficient (Wildman–Crippen LogP) is 2.87. The lowest BCUT2D eigenvalue weighted by atomic mass is 10.1. The molecule has 0 spiro atoms. The van der Waals surface area contributed by atoms with Gasteiger partial charge in [0, 0.05) is 7.14 Å². The number of carbonyl (C=O) groups is 1. The Bertz CT molecular complexity index is 452. The van der Waals surface area contributed by atoms with E-state index in [9.17, 15) is 4.79 Å². The van der Waals surface area contributed by atoms with Crippen LogP contribution in [-0.4, -0.2) is 12.6 Å². The van der Waals surface area contributed by atoms with Crippen LogP contribution < -0.4 is 0 Å². The van der Waals surface area contributed by atoms with Gasteiger partial charge in [-0.05, 0) is 69.8 Å². The van der Waals surface area contributed by atoms with Crippen LogP contribution in [0.5, 0.6) is 0 Å². The number of ether oxygens (including phenoxy) is 1. The molecule has 0 aliphatic heterocycles. The van der Waals surface area contributed by atoms with Crippen molar-refractivity contribution in [2.24, 2.45) is 0 Å². The van der Waals surface area contributed by atoms with E-state index in [2.05, 4.69) is 51.3 Å². The summed E-state index contributed by atoms with van der Waals surface area (Å²) >= 11 is 4.25. The molecule has 5 heteroatoms. The fourth-order valence-electron chi connectivity index (χ4n) is 1.20. The Morgan fingerprint density at radius 2 is 2.19 bits per heavy atom. The Kier molecular flexibility index (Phi) is 5.48. The molecule has 0 aliphatic carbocycles. The van der Waals surface area contributed by atoms with Crippen molar-refractivity contribution in [3.8, 4) is 6.07 Å². The molecule has 1 rings (SSSR count). The van der Waals surface area contributed by atoms with E-state index in [1.165, 1.54) is 0 Å². The largest absolute Gasteiger partial charge is 0.466 e. The van der Waals surface area contributed by atoms with Crippen LogP contribution in [-0.2, 0) is 16.0 Å². The average Bonchev–Trinajstić information content (AvgIpc) is 2.25. The van der Waals surface area contributed by atoms with Gasteiger partial charge in [0.05, 0.1) is 18.6 Å². The Morgan fingerprint density at radius 3 is 2.75 bits per heavy atom. The third kappa shape index (κ3) is 3.31. The summed E-state index contributed by atoms with van der Waals surface area (Å²) in [6.45, 7) is 2.16. The zero-order valence-corrected chi connectivity index (χ0v) is 12.9. The summed E-state index contributed by atoms with van der Waals surface area (Å²) in [6.07, 6.45) is 0.222. The minimum atomic E-state index is -0.256. The minimum absolute atomic E-state index is 0.222. The smallest absolute Gasteiger partial charge is 0.310 e. The van der Waals surface area contributed by atoms with Gasteiger partial charge in [-0.15, -0.1) is 0 Å². The Labute approximate surface area is 121 Å². The van der Waals surface area contributed by atoms with Gasteiger partial charge in [-0.1, -0.05) is 0 Å². The lowest BCUT2D eigenvalue weighted by Gasteiger charge is -2.08. The molecular weight excluding hydrogens is 432 g/mol. The molecule has 3 nitrogen and oxygen atoms in total. The molecule has 1 aromatic rings. The van der Waals surface area contributed by atoms with E-state index in [-0.39, 0.29) is 12.4 Å². The van der Waals surface area contributed by atoms with Gasteiger partial charge in [0.25, 0.3) is 0 Å². The molecule has 0 fully saturated rings. The lowest BCUT2D eigenvalue weighted by molar-refractivity contribution is -0.142. The van der Waals surface area contributed by atoms with E-state index in [0.717, 1.165) is 12.7 Å². The summed E-state index contributed by atoms with van der Waals surface area (Å²) in [6, 6.07) is 5.71. The maximum Gasteiger partial charge on any atom is 0.310 e. The highest BCUT2D eigenvalue weighted by Gasteiger charge is 2.13. The number of carbonyl (C=O) groups excluding carboxylic acids is 1. The fraction of sp³-hybridized carbons (Fsp3) is 0.273. The Balaban J connectivity index is 3.04. The second-order valence-corrected chi connectivity index (χ2v) is 5.22. The monoisotopic (exact) mass is 441 g/mol. The highest BCUT2D eigenvalue weighted by molar-refractivity contribution is 14.1. The summed E-state index contributed by atoms with van der Waals surface area (Å²) in [5, 5.41) is 8.90. The van der Waals surface area contributed by atoms with Crippen LogP contribution in [0.15, 0.2) is 12.1 Å². The van der Waals surface area contributed by atoms with Crippen molar-refractivity contribution in [1.29, 1.82) is 5.26 Å². The first-order valence-corrected chi connectivity index (χ1v) is 6.78. The molecule has 84 valence electrons. The zero-order valence-electron chi connectivity index (χ0n) is 8.59. The van der Waals surface area contributed by atoms with Crippen LogP contribution in [0.1, 0.15) is 18.1 Å². The first kappa shape index (κ1) is 13.7. The molecule has 0 bridgehead atoms. The van der Waals surface area contributed by atoms with Crippen molar-refractivity contribution >= 4 is 51.2 Å². The van der Waals surface area contributed by atoms with Gasteiger partial charge in [0.1, 0.15) is 6.07 Å². The molecule has 0 atom stereocenters. The second-order valence-electron chi connectivity index (χ2n) is 2.98. The van der Waals surface area contributed by atoms with E-state index < -0.39 is 0 Å². The molecule has 0 N–H and O–H groups in total. The summed E-state index contributed by atoms with van der Waals surface area (Å²) in [5.41, 5.74) is 1.47. The van der Waals surface area contributed by atoms with E-state index >= 15 is 0 Å². The Morgan fingerprint density at radius 1 is 1.50 bits per heavy atom. The molecule has 0 aromatic heterocycles. The number of hydrogen-bond acceptors (Lipinski definition) is 3. The number of nitrogens with zero attached hydrogens (tertiary/aromatic N) is 1. The predicted molar refractivity (Wildman–Crippen MR) is 76.9 cm³/mol. The number of halogens is 2. The van der Waals surface area contributed by atoms with E-state index in [1.54, 1.807) is 13.0 Å². The summed E-state index contributed by atoms with van der Waals surface area (Å²) in [4.78, 5) is 11.4. The van der Waals surface area contributed by atoms with Gasteiger partial charge in [0.2, 0.25) is 0 Å². The fourth-order valence-corrected chi connectivity index (χ4v) is 3.14. The van der Waals surface area contributed by atoms with Crippen LogP contribution in [0.3, 0.4) is 0 Å². The quantitative estimate of drug-likeness (QED) is 0.536. The average molecular weight is 441 g/mol. The SMILES string of the molecule is CCOC(=O)Cc1c(I)ccc(C#N)c1I. The first-order valence-electron chi connectivity index (χ1n) is 4.62. The van der Waals surface area contributed by atoms with E-state index in [4.69, 9.17) is 10.00 Å². The highest BCUT2D eigenvalue weighted by Crippen LogP contribution is 2.23. The molecule has 0 radical (unpaired) electrons. The van der Waals surface area contributed by atoms with Crippen molar-refractivity contribution in [1.82, 2.24) is 0 Å². The van der Waals surface area contributed by atoms with E-state index in [0.29, 0.717) is 12.2 Å². The summed E-state index contributed by atoms with van der Waals surface area (Å²) < 4.78 is 6.71. The summed E-state index contributed by atoms with van der Waals surface area (Å²) in [5.74, 6) is -0.256. The topological polar surface area (TPSA) is 50.1 Å². The molecule has 0 amide bonds. The molecular formula is C11H9I2NO2. The van der Waals surface area contributed by atoms with E-state index in [1.807, 2.05) is 6.07 Å². The van der Waals surface area contributed by atoms with Crippen LogP contribution in [0.2, 0.25) is 0 Å². The number of hydrogen-bond donors (Lipinski definition) is 0. The number of benzene rings is 1. The highest BCUT2D eigenvalue weighted by atomic mass is 127. The molecule has 0 heterocycles. The van der Waals surface area contributed by atoms with Gasteiger partial charge < -0.3 is 4.74 Å². The molecule has 16 heavy (non-hydrogen) atoms. The van der Waals surface area contributed by atoms with Gasteiger partial charge >= 0.3 is 5.97 Å². The minimum Gasteiger partial charge on any atom is -0.466 e. The molecule has 1 aromatic carbocycles. The maximum atomic E-state index is 11.4. The third-order valence-corrected chi connectivity index (χ3v) is 4.18. The Hall–Kier alpha value is -0.360. The van der Waals surface area contributed by atoms with Crippen LogP contribution in [0.4, 0.5) is 0 Å². The van der Waals surface area contributed by atoms with Crippen molar-refractivity contribution in [2.75, 3.05) is 6.61 Å². The standard InChI is InChI=1S/C11H9I2NO2/c1-2-16-10(15)5-8-9(12)4-3-7(6-14)11(8)13/h3-4H,2,5H2,1H3. The van der Waals surface area contributed by atoms with Crippen LogP contribution >= 0.6 is 45.2 Å². The van der Waals surface area contributed by atoms with Crippen molar-refractivity contribution in [2.45, 2.75) is 13.3 Å². The molecule has 0 saturated heterocycles. The number of rotatable bonds is 3. The van der Waals surface area contributed by atoms with Gasteiger partial charge in [-0.25, -0.2) is 0 Å². The summed E-state index contributed by atoms with van der Waals surface area (Å²) in [7, 11) is 0. The number of esters is 1. The zero-order chi connectivity index (χ0) is 12.1. The van der Waals surface area contributed by atoms with Crippen LogP contribution in [0.25, 0.3) is 0 Å². The van der Waals surface area contributed by atoms with Crippen molar-refractivity contribution in [3.63, 3.8) is 0 Å². The van der Waals surface area contributed by atoms with Gasteiger partial charge in [0.15, 0.2) is 0 Å².